The van der Waals surface area contributed by atoms with Crippen LogP contribution < -0.4 is 10.6 Å². The largest absolute Gasteiger partial charge is 0.351 e. The van der Waals surface area contributed by atoms with Crippen molar-refractivity contribution in [2.45, 2.75) is 46.0 Å². The van der Waals surface area contributed by atoms with Crippen molar-refractivity contribution in [1.29, 1.82) is 0 Å². The summed E-state index contributed by atoms with van der Waals surface area (Å²) in [6, 6.07) is 1.96. The van der Waals surface area contributed by atoms with Crippen molar-refractivity contribution in [3.8, 4) is 0 Å². The molecule has 29 heavy (non-hydrogen) atoms. The molecule has 1 aliphatic carbocycles. The van der Waals surface area contributed by atoms with E-state index >= 15 is 0 Å². The molecule has 0 radical (unpaired) electrons. The lowest BCUT2D eigenvalue weighted by molar-refractivity contribution is 0.0948. The highest BCUT2D eigenvalue weighted by atomic mass is 35.5. The van der Waals surface area contributed by atoms with Gasteiger partial charge in [-0.2, -0.15) is 0 Å². The van der Waals surface area contributed by atoms with Crippen molar-refractivity contribution in [3.63, 3.8) is 0 Å². The molecule has 1 saturated carbocycles. The van der Waals surface area contributed by atoms with Crippen molar-refractivity contribution in [3.05, 3.63) is 23.0 Å². The maximum absolute atomic E-state index is 13.1. The zero-order valence-electron chi connectivity index (χ0n) is 17.6. The van der Waals surface area contributed by atoms with Crippen LogP contribution in [0.15, 0.2) is 10.6 Å². The Morgan fingerprint density at radius 2 is 2.03 bits per heavy atom. The average Bonchev–Trinajstić information content (AvgIpc) is 3.43. The predicted octanol–water partition coefficient (Wildman–Crippen LogP) is 2.75. The first-order valence-electron chi connectivity index (χ1n) is 10.4. The Morgan fingerprint density at radius 1 is 1.31 bits per heavy atom. The van der Waals surface area contributed by atoms with Crippen molar-refractivity contribution in [1.82, 2.24) is 25.7 Å². The first-order valence-corrected chi connectivity index (χ1v) is 10.4. The van der Waals surface area contributed by atoms with E-state index in [0.29, 0.717) is 23.7 Å². The summed E-state index contributed by atoms with van der Waals surface area (Å²) in [4.78, 5) is 20.1. The number of carbonyl (C=O) groups is 1. The third-order valence-corrected chi connectivity index (χ3v) is 5.40. The van der Waals surface area contributed by atoms with Crippen molar-refractivity contribution >= 4 is 29.4 Å². The Kier molecular flexibility index (Phi) is 6.81. The van der Waals surface area contributed by atoms with E-state index < -0.39 is 0 Å². The van der Waals surface area contributed by atoms with Gasteiger partial charge in [0.15, 0.2) is 0 Å². The number of aromatic nitrogens is 2. The molecule has 1 aliphatic heterocycles. The van der Waals surface area contributed by atoms with Gasteiger partial charge in [0.2, 0.25) is 0 Å². The number of carbonyl (C=O) groups excluding carboxylic acids is 1. The van der Waals surface area contributed by atoms with Gasteiger partial charge in [0.05, 0.1) is 16.6 Å². The maximum atomic E-state index is 13.1. The van der Waals surface area contributed by atoms with Crippen LogP contribution in [0.3, 0.4) is 0 Å². The summed E-state index contributed by atoms with van der Waals surface area (Å²) in [5.74, 6) is 0.399. The SMILES string of the molecule is CC(C)(C)Cc1noc2nc(C3CC3)cc(C(=O)NCCN3CCNCC3)c12.Cl. The fourth-order valence-corrected chi connectivity index (χ4v) is 3.78. The first-order chi connectivity index (χ1) is 13.4. The van der Waals surface area contributed by atoms with Crippen LogP contribution in [0.2, 0.25) is 0 Å². The predicted molar refractivity (Wildman–Crippen MR) is 116 cm³/mol. The van der Waals surface area contributed by atoms with Crippen LogP contribution in [-0.2, 0) is 6.42 Å². The van der Waals surface area contributed by atoms with Gasteiger partial charge in [0.1, 0.15) is 0 Å². The molecule has 0 bridgehead atoms. The van der Waals surface area contributed by atoms with Gasteiger partial charge >= 0.3 is 0 Å². The summed E-state index contributed by atoms with van der Waals surface area (Å²) < 4.78 is 5.55. The van der Waals surface area contributed by atoms with Gasteiger partial charge in [-0.05, 0) is 30.7 Å². The van der Waals surface area contributed by atoms with Crippen molar-refractivity contribution < 1.29 is 9.32 Å². The number of nitrogens with one attached hydrogen (secondary N) is 2. The molecule has 0 aromatic carbocycles. The number of piperazine rings is 1. The van der Waals surface area contributed by atoms with Gasteiger partial charge in [0, 0.05) is 50.9 Å². The standard InChI is InChI=1S/C21H31N5O2.ClH/c1-21(2,3)13-17-18-15(12-16(14-4-5-14)24-20(18)28-25-17)19(27)23-8-11-26-9-6-22-7-10-26;/h12,14,22H,4-11,13H2,1-3H3,(H,23,27);1H. The fraction of sp³-hybridized carbons (Fsp3) is 0.667. The number of halogens is 1. The molecule has 2 N–H and O–H groups in total. The molecule has 1 amide bonds. The van der Waals surface area contributed by atoms with Gasteiger partial charge in [-0.15, -0.1) is 12.4 Å². The van der Waals surface area contributed by atoms with E-state index in [-0.39, 0.29) is 23.7 Å². The molecule has 0 spiro atoms. The molecule has 2 fully saturated rings. The minimum absolute atomic E-state index is 0. The molecule has 160 valence electrons. The number of hydrogen-bond donors (Lipinski definition) is 2. The molecule has 2 aromatic rings. The van der Waals surface area contributed by atoms with Crippen LogP contribution >= 0.6 is 12.4 Å². The lowest BCUT2D eigenvalue weighted by Crippen LogP contribution is -2.46. The Labute approximate surface area is 178 Å². The van der Waals surface area contributed by atoms with E-state index in [9.17, 15) is 4.79 Å². The Morgan fingerprint density at radius 3 is 2.69 bits per heavy atom. The number of fused-ring (bicyclic) bond motifs is 1. The highest BCUT2D eigenvalue weighted by Crippen LogP contribution is 2.40. The smallest absolute Gasteiger partial charge is 0.259 e. The molecule has 3 heterocycles. The van der Waals surface area contributed by atoms with E-state index in [2.05, 4.69) is 46.4 Å². The van der Waals surface area contributed by atoms with Gasteiger partial charge in [-0.1, -0.05) is 25.9 Å². The first kappa shape index (κ1) is 22.0. The number of amides is 1. The molecule has 8 heteroatoms. The van der Waals surface area contributed by atoms with Gasteiger partial charge in [0.25, 0.3) is 11.6 Å². The third kappa shape index (κ3) is 5.47. The minimum atomic E-state index is -0.0530. The third-order valence-electron chi connectivity index (χ3n) is 5.40. The molecule has 7 nitrogen and oxygen atoms in total. The summed E-state index contributed by atoms with van der Waals surface area (Å²) in [5, 5.41) is 11.5. The Hall–Kier alpha value is -1.70. The quantitative estimate of drug-likeness (QED) is 0.746. The zero-order valence-corrected chi connectivity index (χ0v) is 18.4. The molecule has 1 saturated heterocycles. The average molecular weight is 422 g/mol. The fourth-order valence-electron chi connectivity index (χ4n) is 3.78. The van der Waals surface area contributed by atoms with Crippen LogP contribution in [0, 0.1) is 5.41 Å². The summed E-state index contributed by atoms with van der Waals surface area (Å²) in [6.45, 7) is 12.1. The molecule has 0 atom stereocenters. The summed E-state index contributed by atoms with van der Waals surface area (Å²) >= 11 is 0. The topological polar surface area (TPSA) is 83.3 Å². The van der Waals surface area contributed by atoms with Crippen LogP contribution in [0.4, 0.5) is 0 Å². The Balaban J connectivity index is 0.00000240. The summed E-state index contributed by atoms with van der Waals surface area (Å²) in [6.07, 6.45) is 3.00. The van der Waals surface area contributed by atoms with Crippen molar-refractivity contribution in [2.24, 2.45) is 5.41 Å². The summed E-state index contributed by atoms with van der Waals surface area (Å²) in [5.41, 5.74) is 2.99. The van der Waals surface area contributed by atoms with Gasteiger partial charge in [-0.3, -0.25) is 9.69 Å². The van der Waals surface area contributed by atoms with E-state index in [1.807, 2.05) is 6.07 Å². The van der Waals surface area contributed by atoms with Crippen molar-refractivity contribution in [2.75, 3.05) is 39.3 Å². The highest BCUT2D eigenvalue weighted by molar-refractivity contribution is 6.06. The monoisotopic (exact) mass is 421 g/mol. The molecular formula is C21H32ClN5O2. The molecule has 4 rings (SSSR count). The van der Waals surface area contributed by atoms with Gasteiger partial charge < -0.3 is 15.2 Å². The van der Waals surface area contributed by atoms with E-state index in [1.165, 1.54) is 0 Å². The highest BCUT2D eigenvalue weighted by Gasteiger charge is 2.30. The van der Waals surface area contributed by atoms with Crippen LogP contribution in [0.1, 0.15) is 61.3 Å². The van der Waals surface area contributed by atoms with Crippen LogP contribution in [0.5, 0.6) is 0 Å². The molecule has 0 unspecified atom stereocenters. The lowest BCUT2D eigenvalue weighted by atomic mass is 9.89. The number of rotatable bonds is 6. The summed E-state index contributed by atoms with van der Waals surface area (Å²) in [7, 11) is 0. The number of nitrogens with zero attached hydrogens (tertiary/aromatic N) is 3. The number of pyridine rings is 1. The van der Waals surface area contributed by atoms with Gasteiger partial charge in [-0.25, -0.2) is 4.98 Å². The van der Waals surface area contributed by atoms with E-state index in [1.54, 1.807) is 0 Å². The lowest BCUT2D eigenvalue weighted by Gasteiger charge is -2.27. The molecular weight excluding hydrogens is 390 g/mol. The second kappa shape index (κ2) is 8.98. The molecule has 2 aromatic heterocycles. The Bertz CT molecular complexity index is 851. The second-order valence-corrected chi connectivity index (χ2v) is 9.26. The number of hydrogen-bond acceptors (Lipinski definition) is 6. The van der Waals surface area contributed by atoms with E-state index in [4.69, 9.17) is 4.52 Å². The maximum Gasteiger partial charge on any atom is 0.259 e. The van der Waals surface area contributed by atoms with Crippen LogP contribution in [-0.4, -0.2) is 60.2 Å². The minimum Gasteiger partial charge on any atom is -0.351 e. The van der Waals surface area contributed by atoms with E-state index in [0.717, 1.165) is 68.8 Å². The zero-order chi connectivity index (χ0) is 19.7. The molecule has 2 aliphatic rings. The second-order valence-electron chi connectivity index (χ2n) is 9.26. The van der Waals surface area contributed by atoms with Crippen LogP contribution in [0.25, 0.3) is 11.1 Å². The normalized spacial score (nSPS) is 17.9.